The highest BCUT2D eigenvalue weighted by molar-refractivity contribution is 6.65. The molecule has 2 aromatic rings. The Morgan fingerprint density at radius 3 is 2.35 bits per heavy atom. The van der Waals surface area contributed by atoms with Crippen LogP contribution in [0.15, 0.2) is 31.6 Å². The summed E-state index contributed by atoms with van der Waals surface area (Å²) < 4.78 is 17.8. The van der Waals surface area contributed by atoms with E-state index in [0.29, 0.717) is 0 Å². The van der Waals surface area contributed by atoms with Crippen LogP contribution in [0.4, 0.5) is 5.69 Å². The number of ether oxygens (including phenoxy) is 1. The first-order valence-electron chi connectivity index (χ1n) is 9.03. The molecule has 0 amide bonds. The van der Waals surface area contributed by atoms with Crippen LogP contribution < -0.4 is 10.4 Å². The Labute approximate surface area is 155 Å². The van der Waals surface area contributed by atoms with Crippen molar-refractivity contribution >= 4 is 29.3 Å². The topological polar surface area (TPSA) is 59.6 Å². The maximum atomic E-state index is 6.20. The second kappa shape index (κ2) is 7.06. The highest BCUT2D eigenvalue weighted by atomic mass is 16.7. The van der Waals surface area contributed by atoms with Crippen molar-refractivity contribution in [1.82, 2.24) is 9.97 Å². The van der Waals surface area contributed by atoms with Gasteiger partial charge >= 0.3 is 7.12 Å². The summed E-state index contributed by atoms with van der Waals surface area (Å²) in [6, 6.07) is 2.17. The largest absolute Gasteiger partial charge is 0.497 e. The summed E-state index contributed by atoms with van der Waals surface area (Å²) in [5.74, 6) is 0. The molecule has 0 spiro atoms. The first kappa shape index (κ1) is 19.0. The molecule has 4 rings (SSSR count). The lowest BCUT2D eigenvalue weighted by Gasteiger charge is -2.32. The van der Waals surface area contributed by atoms with Gasteiger partial charge in [-0.3, -0.25) is 0 Å². The molecular formula is C19H28BN3O3. The Balaban J connectivity index is 0.000000948. The summed E-state index contributed by atoms with van der Waals surface area (Å²) in [4.78, 5) is 10.1. The van der Waals surface area contributed by atoms with Crippen molar-refractivity contribution in [2.45, 2.75) is 38.9 Å². The van der Waals surface area contributed by atoms with Gasteiger partial charge in [-0.25, -0.2) is 4.98 Å². The van der Waals surface area contributed by atoms with Crippen molar-refractivity contribution in [3.8, 4) is 0 Å². The van der Waals surface area contributed by atoms with E-state index < -0.39 is 0 Å². The molecular weight excluding hydrogens is 329 g/mol. The molecule has 26 heavy (non-hydrogen) atoms. The highest BCUT2D eigenvalue weighted by Crippen LogP contribution is 2.37. The van der Waals surface area contributed by atoms with Gasteiger partial charge in [0.05, 0.1) is 36.3 Å². The third-order valence-electron chi connectivity index (χ3n) is 5.43. The quantitative estimate of drug-likeness (QED) is 0.661. The zero-order chi connectivity index (χ0) is 18.9. The third-order valence-corrected chi connectivity index (χ3v) is 5.43. The number of anilines is 1. The van der Waals surface area contributed by atoms with Crippen LogP contribution >= 0.6 is 0 Å². The number of fused-ring (bicyclic) bond motifs is 1. The smallest absolute Gasteiger partial charge is 0.399 e. The number of aromatic nitrogens is 2. The minimum absolute atomic E-state index is 0.351. The van der Waals surface area contributed by atoms with Crippen LogP contribution in [0.1, 0.15) is 27.7 Å². The Kier molecular flexibility index (Phi) is 5.15. The van der Waals surface area contributed by atoms with Crippen LogP contribution in [0.2, 0.25) is 0 Å². The van der Waals surface area contributed by atoms with E-state index in [1.165, 1.54) is 0 Å². The highest BCUT2D eigenvalue weighted by Gasteiger charge is 2.52. The third kappa shape index (κ3) is 3.27. The maximum Gasteiger partial charge on any atom is 0.497 e. The number of H-pyrrole nitrogens is 1. The van der Waals surface area contributed by atoms with Crippen molar-refractivity contribution < 1.29 is 14.0 Å². The first-order valence-corrected chi connectivity index (χ1v) is 9.03. The zero-order valence-electron chi connectivity index (χ0n) is 16.2. The van der Waals surface area contributed by atoms with E-state index in [1.807, 2.05) is 12.4 Å². The summed E-state index contributed by atoms with van der Waals surface area (Å²) in [5.41, 5.74) is 2.28. The second-order valence-electron chi connectivity index (χ2n) is 7.52. The lowest BCUT2D eigenvalue weighted by Crippen LogP contribution is -2.41. The molecule has 2 aliphatic rings. The number of hydrogen-bond donors (Lipinski definition) is 1. The van der Waals surface area contributed by atoms with Gasteiger partial charge < -0.3 is 23.9 Å². The van der Waals surface area contributed by atoms with Crippen LogP contribution in [0.25, 0.3) is 11.0 Å². The average molecular weight is 357 g/mol. The monoisotopic (exact) mass is 357 g/mol. The SMILES string of the molecule is C=C.CC1(C)OB(c2c[nH]c3ncc(N4CCOCC4)cc23)OC1(C)C. The first-order chi connectivity index (χ1) is 12.4. The van der Waals surface area contributed by atoms with E-state index in [1.54, 1.807) is 0 Å². The fraction of sp³-hybridized carbons (Fsp3) is 0.526. The second-order valence-corrected chi connectivity index (χ2v) is 7.52. The fourth-order valence-corrected chi connectivity index (χ4v) is 3.17. The molecule has 2 aromatic heterocycles. The van der Waals surface area contributed by atoms with Gasteiger partial charge in [0.25, 0.3) is 0 Å². The summed E-state index contributed by atoms with van der Waals surface area (Å²) in [6.07, 6.45) is 3.86. The molecule has 0 unspecified atom stereocenters. The zero-order valence-corrected chi connectivity index (χ0v) is 16.2. The molecule has 0 bridgehead atoms. The Hall–Kier alpha value is -1.83. The van der Waals surface area contributed by atoms with Crippen molar-refractivity contribution in [3.63, 3.8) is 0 Å². The number of nitrogens with one attached hydrogen (secondary N) is 1. The van der Waals surface area contributed by atoms with Crippen LogP contribution in [0.3, 0.4) is 0 Å². The molecule has 4 heterocycles. The number of hydrogen-bond acceptors (Lipinski definition) is 5. The van der Waals surface area contributed by atoms with E-state index >= 15 is 0 Å². The Bertz CT molecular complexity index is 752. The van der Waals surface area contributed by atoms with Crippen LogP contribution in [0.5, 0.6) is 0 Å². The molecule has 0 atom stereocenters. The number of rotatable bonds is 2. The van der Waals surface area contributed by atoms with Gasteiger partial charge in [0.2, 0.25) is 0 Å². The van der Waals surface area contributed by atoms with Gasteiger partial charge in [-0.15, -0.1) is 13.2 Å². The summed E-state index contributed by atoms with van der Waals surface area (Å²) >= 11 is 0. The van der Waals surface area contributed by atoms with Gasteiger partial charge in [0.15, 0.2) is 0 Å². The Morgan fingerprint density at radius 2 is 1.73 bits per heavy atom. The van der Waals surface area contributed by atoms with Crippen LogP contribution in [-0.2, 0) is 14.0 Å². The minimum Gasteiger partial charge on any atom is -0.399 e. The van der Waals surface area contributed by atoms with Crippen LogP contribution in [0, 0.1) is 0 Å². The average Bonchev–Trinajstić information content (AvgIpc) is 3.14. The van der Waals surface area contributed by atoms with Gasteiger partial charge in [0, 0.05) is 30.1 Å². The maximum absolute atomic E-state index is 6.20. The summed E-state index contributed by atoms with van der Waals surface area (Å²) in [5, 5.41) is 1.05. The Morgan fingerprint density at radius 1 is 1.12 bits per heavy atom. The molecule has 1 N–H and O–H groups in total. The van der Waals surface area contributed by atoms with Gasteiger partial charge in [0.1, 0.15) is 5.65 Å². The molecule has 140 valence electrons. The molecule has 0 aliphatic carbocycles. The van der Waals surface area contributed by atoms with E-state index in [4.69, 9.17) is 14.0 Å². The van der Waals surface area contributed by atoms with Gasteiger partial charge in [-0.1, -0.05) is 0 Å². The molecule has 6 nitrogen and oxygen atoms in total. The number of nitrogens with zero attached hydrogens (tertiary/aromatic N) is 2. The van der Waals surface area contributed by atoms with Crippen molar-refractivity contribution in [2.24, 2.45) is 0 Å². The lowest BCUT2D eigenvalue weighted by molar-refractivity contribution is 0.00578. The summed E-state index contributed by atoms with van der Waals surface area (Å²) in [6.45, 7) is 17.6. The molecule has 2 fully saturated rings. The van der Waals surface area contributed by atoms with Gasteiger partial charge in [-0.2, -0.15) is 0 Å². The standard InChI is InChI=1S/C17H24BN3O3.C2H4/c1-16(2)17(3,4)24-18(23-16)14-11-20-15-13(14)9-12(10-19-15)21-5-7-22-8-6-21;1-2/h9-11H,5-8H2,1-4H3,(H,19,20);1-2H2. The minimum atomic E-state index is -0.384. The lowest BCUT2D eigenvalue weighted by atomic mass is 9.79. The summed E-state index contributed by atoms with van der Waals surface area (Å²) in [7, 11) is -0.384. The molecule has 2 aliphatic heterocycles. The van der Waals surface area contributed by atoms with E-state index in [-0.39, 0.29) is 18.3 Å². The molecule has 0 saturated carbocycles. The van der Waals surface area contributed by atoms with E-state index in [0.717, 1.165) is 48.5 Å². The number of pyridine rings is 1. The number of morpholine rings is 1. The van der Waals surface area contributed by atoms with Crippen molar-refractivity contribution in [2.75, 3.05) is 31.2 Å². The normalized spacial score (nSPS) is 21.5. The van der Waals surface area contributed by atoms with Crippen molar-refractivity contribution in [3.05, 3.63) is 31.6 Å². The van der Waals surface area contributed by atoms with E-state index in [2.05, 4.69) is 61.8 Å². The fourth-order valence-electron chi connectivity index (χ4n) is 3.17. The molecule has 7 heteroatoms. The molecule has 0 aromatic carbocycles. The molecule has 2 saturated heterocycles. The van der Waals surface area contributed by atoms with Gasteiger partial charge in [-0.05, 0) is 33.8 Å². The molecule has 0 radical (unpaired) electrons. The number of aromatic amines is 1. The van der Waals surface area contributed by atoms with Crippen LogP contribution in [-0.4, -0.2) is 54.6 Å². The van der Waals surface area contributed by atoms with E-state index in [9.17, 15) is 0 Å². The van der Waals surface area contributed by atoms with Crippen molar-refractivity contribution in [1.29, 1.82) is 0 Å². The predicted molar refractivity (Wildman–Crippen MR) is 106 cm³/mol. The predicted octanol–water partition coefficient (Wildman–Crippen LogP) is 2.50.